The molecule has 0 unspecified atom stereocenters. The Labute approximate surface area is 160 Å². The van der Waals surface area contributed by atoms with Crippen molar-refractivity contribution in [3.8, 4) is 17.1 Å². The fourth-order valence-corrected chi connectivity index (χ4v) is 3.68. The van der Waals surface area contributed by atoms with Crippen LogP contribution in [0, 0.1) is 0 Å². The number of hydrogen-bond donors (Lipinski definition) is 2. The number of nitrogens with one attached hydrogen (secondary N) is 1. The normalized spacial score (nSPS) is 19.6. The van der Waals surface area contributed by atoms with Crippen molar-refractivity contribution in [2.75, 3.05) is 13.6 Å². The first-order valence-corrected chi connectivity index (χ1v) is 8.99. The molecular weight excluding hydrogens is 356 g/mol. The molecule has 1 aliphatic heterocycles. The van der Waals surface area contributed by atoms with Gasteiger partial charge < -0.3 is 15.0 Å². The summed E-state index contributed by atoms with van der Waals surface area (Å²) in [6.07, 6.45) is 5.56. The van der Waals surface area contributed by atoms with E-state index in [9.17, 15) is 9.90 Å². The molecule has 1 aliphatic rings. The van der Waals surface area contributed by atoms with Gasteiger partial charge in [0, 0.05) is 43.4 Å². The monoisotopic (exact) mass is 374 g/mol. The van der Waals surface area contributed by atoms with Gasteiger partial charge in [0.05, 0.1) is 5.69 Å². The molecule has 1 amide bonds. The number of likely N-dealkylation sites (tertiary alicyclic amines) is 1. The molecule has 1 aromatic carbocycles. The summed E-state index contributed by atoms with van der Waals surface area (Å²) in [5.74, 6) is 0.287. The topological polar surface area (TPSA) is 99.9 Å². The number of likely N-dealkylation sites (N-methyl/N-ethyl adjacent to an activating group) is 1. The second-order valence-corrected chi connectivity index (χ2v) is 7.00. The molecule has 1 saturated heterocycles. The van der Waals surface area contributed by atoms with Crippen molar-refractivity contribution >= 4 is 16.9 Å². The van der Waals surface area contributed by atoms with Gasteiger partial charge >= 0.3 is 0 Å². The molecule has 4 heterocycles. The van der Waals surface area contributed by atoms with Crippen LogP contribution in [0.5, 0.6) is 0 Å². The van der Waals surface area contributed by atoms with Crippen molar-refractivity contribution in [3.63, 3.8) is 0 Å². The van der Waals surface area contributed by atoms with Gasteiger partial charge in [-0.25, -0.2) is 14.6 Å². The first-order valence-electron chi connectivity index (χ1n) is 8.99. The zero-order valence-electron chi connectivity index (χ0n) is 15.2. The summed E-state index contributed by atoms with van der Waals surface area (Å²) in [6, 6.07) is 11.1. The third kappa shape index (κ3) is 2.42. The van der Waals surface area contributed by atoms with Crippen LogP contribution in [0.1, 0.15) is 12.0 Å². The van der Waals surface area contributed by atoms with E-state index in [1.807, 2.05) is 30.5 Å². The van der Waals surface area contributed by atoms with Crippen LogP contribution in [-0.2, 0) is 10.4 Å². The van der Waals surface area contributed by atoms with E-state index < -0.39 is 5.60 Å². The molecule has 5 rings (SSSR count). The second-order valence-electron chi connectivity index (χ2n) is 7.00. The number of H-pyrrole nitrogens is 1. The Bertz CT molecular complexity index is 1200. The van der Waals surface area contributed by atoms with Crippen molar-refractivity contribution in [1.82, 2.24) is 29.6 Å². The summed E-state index contributed by atoms with van der Waals surface area (Å²) in [4.78, 5) is 25.8. The second kappa shape index (κ2) is 6.00. The smallest absolute Gasteiger partial charge is 0.258 e. The zero-order chi connectivity index (χ0) is 19.3. The van der Waals surface area contributed by atoms with E-state index in [0.717, 1.165) is 22.3 Å². The molecule has 0 spiro atoms. The molecule has 1 atom stereocenters. The number of nitrogens with zero attached hydrogens (tertiary/aromatic N) is 5. The summed E-state index contributed by atoms with van der Waals surface area (Å²) < 4.78 is 1.64. The van der Waals surface area contributed by atoms with Gasteiger partial charge in [-0.1, -0.05) is 12.1 Å². The number of carbonyl (C=O) groups excluding carboxylic acids is 1. The molecule has 4 aromatic rings. The highest BCUT2D eigenvalue weighted by Gasteiger charge is 2.45. The molecule has 1 fully saturated rings. The third-order valence-electron chi connectivity index (χ3n) is 5.28. The summed E-state index contributed by atoms with van der Waals surface area (Å²) in [5.41, 5.74) is 1.44. The Morgan fingerprint density at radius 2 is 2.11 bits per heavy atom. The molecule has 140 valence electrons. The van der Waals surface area contributed by atoms with Crippen LogP contribution in [0.2, 0.25) is 0 Å². The van der Waals surface area contributed by atoms with E-state index in [0.29, 0.717) is 24.4 Å². The predicted molar refractivity (Wildman–Crippen MR) is 103 cm³/mol. The maximum atomic E-state index is 12.4. The number of aliphatic hydroxyl groups is 1. The largest absolute Gasteiger partial charge is 0.375 e. The number of benzene rings is 1. The predicted octanol–water partition coefficient (Wildman–Crippen LogP) is 1.86. The minimum atomic E-state index is -1.49. The Morgan fingerprint density at radius 3 is 2.93 bits per heavy atom. The van der Waals surface area contributed by atoms with E-state index in [2.05, 4.69) is 20.1 Å². The highest BCUT2D eigenvalue weighted by molar-refractivity contribution is 5.91. The minimum Gasteiger partial charge on any atom is -0.375 e. The Hall–Kier alpha value is -3.52. The molecule has 8 nitrogen and oxygen atoms in total. The van der Waals surface area contributed by atoms with E-state index in [1.165, 1.54) is 0 Å². The number of fused-ring (bicyclic) bond motifs is 1. The van der Waals surface area contributed by atoms with E-state index in [4.69, 9.17) is 0 Å². The lowest BCUT2D eigenvalue weighted by Gasteiger charge is -2.21. The standard InChI is InChI=1S/C20H18N6O2/c1-25-9-7-20(28,19(25)27)13-4-2-5-14(10-13)26-12-23-18(24-26)16-11-22-17-15(16)6-3-8-21-17/h2-6,8,10-12,28H,7,9H2,1H3,(H,21,22)/t20-/m1/s1. The number of aromatic amines is 1. The van der Waals surface area contributed by atoms with Gasteiger partial charge in [-0.15, -0.1) is 5.10 Å². The van der Waals surface area contributed by atoms with E-state index in [1.54, 1.807) is 41.3 Å². The van der Waals surface area contributed by atoms with Gasteiger partial charge in [-0.2, -0.15) is 0 Å². The van der Waals surface area contributed by atoms with Crippen molar-refractivity contribution in [1.29, 1.82) is 0 Å². The summed E-state index contributed by atoms with van der Waals surface area (Å²) in [7, 11) is 1.70. The van der Waals surface area contributed by atoms with Crippen molar-refractivity contribution in [3.05, 3.63) is 60.7 Å². The van der Waals surface area contributed by atoms with Crippen molar-refractivity contribution in [2.45, 2.75) is 12.0 Å². The van der Waals surface area contributed by atoms with Crippen LogP contribution in [-0.4, -0.2) is 54.2 Å². The lowest BCUT2D eigenvalue weighted by molar-refractivity contribution is -0.143. The van der Waals surface area contributed by atoms with Crippen molar-refractivity contribution in [2.24, 2.45) is 0 Å². The molecule has 28 heavy (non-hydrogen) atoms. The lowest BCUT2D eigenvalue weighted by Crippen LogP contribution is -2.36. The highest BCUT2D eigenvalue weighted by Crippen LogP contribution is 2.33. The number of rotatable bonds is 3. The summed E-state index contributed by atoms with van der Waals surface area (Å²) >= 11 is 0. The first kappa shape index (κ1) is 16.6. The van der Waals surface area contributed by atoms with Crippen LogP contribution in [0.4, 0.5) is 0 Å². The fraction of sp³-hybridized carbons (Fsp3) is 0.200. The van der Waals surface area contributed by atoms with Crippen LogP contribution < -0.4 is 0 Å². The molecule has 0 saturated carbocycles. The third-order valence-corrected chi connectivity index (χ3v) is 5.28. The number of carbonyl (C=O) groups is 1. The lowest BCUT2D eigenvalue weighted by atomic mass is 9.92. The van der Waals surface area contributed by atoms with E-state index >= 15 is 0 Å². The van der Waals surface area contributed by atoms with Gasteiger partial charge in [-0.05, 0) is 29.8 Å². The molecule has 3 aromatic heterocycles. The highest BCUT2D eigenvalue weighted by atomic mass is 16.3. The van der Waals surface area contributed by atoms with Gasteiger partial charge in [0.15, 0.2) is 11.4 Å². The average Bonchev–Trinajstić information content (AvgIpc) is 3.43. The summed E-state index contributed by atoms with van der Waals surface area (Å²) in [6.45, 7) is 0.529. The Morgan fingerprint density at radius 1 is 1.21 bits per heavy atom. The van der Waals surface area contributed by atoms with Crippen LogP contribution in [0.15, 0.2) is 55.1 Å². The molecular formula is C20H18N6O2. The van der Waals surface area contributed by atoms with Gasteiger partial charge in [0.2, 0.25) is 0 Å². The summed E-state index contributed by atoms with van der Waals surface area (Å²) in [5, 5.41) is 16.4. The van der Waals surface area contributed by atoms with Gasteiger partial charge in [0.1, 0.15) is 12.0 Å². The SMILES string of the molecule is CN1CC[C@@](O)(c2cccc(-n3cnc(-c4c[nH]c5ncccc45)n3)c2)C1=O. The maximum absolute atomic E-state index is 12.4. The molecule has 8 heteroatoms. The molecule has 0 radical (unpaired) electrons. The molecule has 0 aliphatic carbocycles. The number of amides is 1. The van der Waals surface area contributed by atoms with Gasteiger partial charge in [0.25, 0.3) is 5.91 Å². The zero-order valence-corrected chi connectivity index (χ0v) is 15.2. The number of hydrogen-bond acceptors (Lipinski definition) is 5. The van der Waals surface area contributed by atoms with Crippen molar-refractivity contribution < 1.29 is 9.90 Å². The number of aromatic nitrogens is 5. The fourth-order valence-electron chi connectivity index (χ4n) is 3.68. The van der Waals surface area contributed by atoms with Gasteiger partial charge in [-0.3, -0.25) is 4.79 Å². The van der Waals surface area contributed by atoms with Crippen LogP contribution in [0.3, 0.4) is 0 Å². The quantitative estimate of drug-likeness (QED) is 0.570. The first-order chi connectivity index (χ1) is 13.6. The van der Waals surface area contributed by atoms with Crippen LogP contribution >= 0.6 is 0 Å². The van der Waals surface area contributed by atoms with Crippen LogP contribution in [0.25, 0.3) is 28.1 Å². The molecule has 2 N–H and O–H groups in total. The Balaban J connectivity index is 1.52. The average molecular weight is 374 g/mol. The minimum absolute atomic E-state index is 0.282. The molecule has 0 bridgehead atoms. The number of pyridine rings is 1. The maximum Gasteiger partial charge on any atom is 0.258 e. The van der Waals surface area contributed by atoms with E-state index in [-0.39, 0.29) is 5.91 Å². The Kier molecular flexibility index (Phi) is 3.56.